The fourth-order valence-electron chi connectivity index (χ4n) is 3.81. The van der Waals surface area contributed by atoms with Gasteiger partial charge in [0.05, 0.1) is 0 Å². The summed E-state index contributed by atoms with van der Waals surface area (Å²) in [4.78, 5) is 24.7. The summed E-state index contributed by atoms with van der Waals surface area (Å²) < 4.78 is 10.8. The fourth-order valence-corrected chi connectivity index (χ4v) is 3.81. The molecule has 1 saturated heterocycles. The number of aryl methyl sites for hydroxylation is 1. The summed E-state index contributed by atoms with van der Waals surface area (Å²) in [5, 5.41) is 0. The zero-order chi connectivity index (χ0) is 19.5. The van der Waals surface area contributed by atoms with E-state index in [-0.39, 0.29) is 5.56 Å². The topological polar surface area (TPSA) is 70.7 Å². The molecular formula is C21H28N4O3. The molecule has 7 nitrogen and oxygen atoms in total. The van der Waals surface area contributed by atoms with Gasteiger partial charge in [-0.3, -0.25) is 14.7 Å². The summed E-state index contributed by atoms with van der Waals surface area (Å²) >= 11 is 0. The van der Waals surface area contributed by atoms with Crippen LogP contribution >= 0.6 is 0 Å². The van der Waals surface area contributed by atoms with Gasteiger partial charge < -0.3 is 14.4 Å². The summed E-state index contributed by atoms with van der Waals surface area (Å²) in [6, 6.07) is 6.13. The van der Waals surface area contributed by atoms with Crippen LogP contribution in [0.3, 0.4) is 0 Å². The number of anilines is 1. The SMILES string of the molecule is CCCCc1c(C)nc(N2CCN(Cc3ccc4c(c3)OCO4)CC2)[nH]c1=O. The molecule has 0 radical (unpaired) electrons. The van der Waals surface area contributed by atoms with Crippen molar-refractivity contribution < 1.29 is 9.47 Å². The van der Waals surface area contributed by atoms with Gasteiger partial charge in [0.15, 0.2) is 11.5 Å². The minimum absolute atomic E-state index is 0.0127. The van der Waals surface area contributed by atoms with Crippen molar-refractivity contribution in [1.29, 1.82) is 0 Å². The average molecular weight is 384 g/mol. The Morgan fingerprint density at radius 1 is 1.14 bits per heavy atom. The van der Waals surface area contributed by atoms with Crippen LogP contribution in [0.1, 0.15) is 36.6 Å². The van der Waals surface area contributed by atoms with Gasteiger partial charge in [0.1, 0.15) is 0 Å². The molecule has 2 aromatic rings. The van der Waals surface area contributed by atoms with Crippen LogP contribution in [-0.4, -0.2) is 47.8 Å². The number of hydrogen-bond acceptors (Lipinski definition) is 6. The highest BCUT2D eigenvalue weighted by molar-refractivity contribution is 5.44. The Kier molecular flexibility index (Phi) is 5.52. The van der Waals surface area contributed by atoms with E-state index in [0.717, 1.165) is 74.7 Å². The highest BCUT2D eigenvalue weighted by Crippen LogP contribution is 2.32. The monoisotopic (exact) mass is 384 g/mol. The van der Waals surface area contributed by atoms with Gasteiger partial charge in [0, 0.05) is 44.0 Å². The number of nitrogens with one attached hydrogen (secondary N) is 1. The van der Waals surface area contributed by atoms with E-state index in [0.29, 0.717) is 12.7 Å². The number of benzene rings is 1. The van der Waals surface area contributed by atoms with Crippen molar-refractivity contribution in [2.24, 2.45) is 0 Å². The molecule has 3 heterocycles. The molecular weight excluding hydrogens is 356 g/mol. The first-order valence-corrected chi connectivity index (χ1v) is 10.1. The summed E-state index contributed by atoms with van der Waals surface area (Å²) in [7, 11) is 0. The number of hydrogen-bond donors (Lipinski definition) is 1. The molecule has 1 fully saturated rings. The number of piperazine rings is 1. The van der Waals surface area contributed by atoms with Crippen LogP contribution in [0.2, 0.25) is 0 Å². The van der Waals surface area contributed by atoms with E-state index >= 15 is 0 Å². The Morgan fingerprint density at radius 2 is 1.93 bits per heavy atom. The third-order valence-corrected chi connectivity index (χ3v) is 5.51. The second-order valence-corrected chi connectivity index (χ2v) is 7.51. The first-order chi connectivity index (χ1) is 13.6. The van der Waals surface area contributed by atoms with Gasteiger partial charge >= 0.3 is 0 Å². The number of fused-ring (bicyclic) bond motifs is 1. The highest BCUT2D eigenvalue weighted by atomic mass is 16.7. The molecule has 1 N–H and O–H groups in total. The van der Waals surface area contributed by atoms with Gasteiger partial charge in [-0.2, -0.15) is 0 Å². The third-order valence-electron chi connectivity index (χ3n) is 5.51. The predicted molar refractivity (Wildman–Crippen MR) is 108 cm³/mol. The summed E-state index contributed by atoms with van der Waals surface area (Å²) in [6.07, 6.45) is 2.89. The largest absolute Gasteiger partial charge is 0.454 e. The zero-order valence-corrected chi connectivity index (χ0v) is 16.7. The molecule has 150 valence electrons. The molecule has 0 atom stereocenters. The number of aromatic amines is 1. The van der Waals surface area contributed by atoms with E-state index < -0.39 is 0 Å². The van der Waals surface area contributed by atoms with Crippen molar-refractivity contribution >= 4 is 5.95 Å². The van der Waals surface area contributed by atoms with Crippen molar-refractivity contribution in [2.75, 3.05) is 37.9 Å². The maximum atomic E-state index is 12.5. The van der Waals surface area contributed by atoms with E-state index in [1.54, 1.807) is 0 Å². The second-order valence-electron chi connectivity index (χ2n) is 7.51. The molecule has 2 aliphatic heterocycles. The summed E-state index contributed by atoms with van der Waals surface area (Å²) in [6.45, 7) is 8.81. The fraction of sp³-hybridized carbons (Fsp3) is 0.524. The van der Waals surface area contributed by atoms with Crippen LogP contribution < -0.4 is 19.9 Å². The molecule has 1 aromatic heterocycles. The minimum atomic E-state index is 0.0127. The number of unbranched alkanes of at least 4 members (excludes halogenated alkanes) is 1. The van der Waals surface area contributed by atoms with E-state index in [1.807, 2.05) is 13.0 Å². The molecule has 4 rings (SSSR count). The first kappa shape index (κ1) is 18.8. The molecule has 2 aliphatic rings. The quantitative estimate of drug-likeness (QED) is 0.825. The molecule has 0 saturated carbocycles. The van der Waals surface area contributed by atoms with Crippen LogP contribution in [0.15, 0.2) is 23.0 Å². The van der Waals surface area contributed by atoms with Crippen LogP contribution in [0.4, 0.5) is 5.95 Å². The Morgan fingerprint density at radius 3 is 2.68 bits per heavy atom. The van der Waals surface area contributed by atoms with Crippen LogP contribution in [0.5, 0.6) is 11.5 Å². The molecule has 1 aromatic carbocycles. The molecule has 0 amide bonds. The van der Waals surface area contributed by atoms with Crippen molar-refractivity contribution in [2.45, 2.75) is 39.7 Å². The highest BCUT2D eigenvalue weighted by Gasteiger charge is 2.21. The van der Waals surface area contributed by atoms with E-state index in [2.05, 4.69) is 38.8 Å². The normalized spacial score (nSPS) is 16.6. The van der Waals surface area contributed by atoms with Crippen LogP contribution in [0, 0.1) is 6.92 Å². The third kappa shape index (κ3) is 3.99. The van der Waals surface area contributed by atoms with Crippen LogP contribution in [0.25, 0.3) is 0 Å². The van der Waals surface area contributed by atoms with Crippen molar-refractivity contribution in [3.8, 4) is 11.5 Å². The maximum Gasteiger partial charge on any atom is 0.255 e. The van der Waals surface area contributed by atoms with Crippen molar-refractivity contribution in [3.63, 3.8) is 0 Å². The van der Waals surface area contributed by atoms with Gasteiger partial charge in [-0.15, -0.1) is 0 Å². The first-order valence-electron chi connectivity index (χ1n) is 10.1. The van der Waals surface area contributed by atoms with E-state index in [4.69, 9.17) is 9.47 Å². The van der Waals surface area contributed by atoms with Gasteiger partial charge in [-0.25, -0.2) is 4.98 Å². The Bertz CT molecular complexity index is 888. The Balaban J connectivity index is 1.37. The van der Waals surface area contributed by atoms with Crippen molar-refractivity contribution in [1.82, 2.24) is 14.9 Å². The number of nitrogens with zero attached hydrogens (tertiary/aromatic N) is 3. The number of H-pyrrole nitrogens is 1. The smallest absolute Gasteiger partial charge is 0.255 e. The second kappa shape index (κ2) is 8.22. The summed E-state index contributed by atoms with van der Waals surface area (Å²) in [5.74, 6) is 2.35. The average Bonchev–Trinajstić information content (AvgIpc) is 3.16. The molecule has 0 unspecified atom stereocenters. The predicted octanol–water partition coefficient (Wildman–Crippen LogP) is 2.47. The van der Waals surface area contributed by atoms with Gasteiger partial charge in [0.25, 0.3) is 5.56 Å². The number of ether oxygens (including phenoxy) is 2. The lowest BCUT2D eigenvalue weighted by Crippen LogP contribution is -2.47. The molecule has 0 bridgehead atoms. The minimum Gasteiger partial charge on any atom is -0.454 e. The summed E-state index contributed by atoms with van der Waals surface area (Å²) in [5.41, 5.74) is 2.92. The molecule has 0 aliphatic carbocycles. The van der Waals surface area contributed by atoms with Gasteiger partial charge in [0.2, 0.25) is 12.7 Å². The Labute approximate surface area is 165 Å². The molecule has 0 spiro atoms. The van der Waals surface area contributed by atoms with E-state index in [9.17, 15) is 4.79 Å². The van der Waals surface area contributed by atoms with Crippen LogP contribution in [-0.2, 0) is 13.0 Å². The zero-order valence-electron chi connectivity index (χ0n) is 16.7. The molecule has 28 heavy (non-hydrogen) atoms. The number of rotatable bonds is 6. The number of aromatic nitrogens is 2. The van der Waals surface area contributed by atoms with Gasteiger partial charge in [-0.1, -0.05) is 19.4 Å². The standard InChI is InChI=1S/C21H28N4O3/c1-3-4-5-17-15(2)22-21(23-20(17)26)25-10-8-24(9-11-25)13-16-6-7-18-19(12-16)28-14-27-18/h6-7,12H,3-5,8-11,13-14H2,1-2H3,(H,22,23,26). The molecule has 7 heteroatoms. The maximum absolute atomic E-state index is 12.5. The van der Waals surface area contributed by atoms with Crippen molar-refractivity contribution in [3.05, 3.63) is 45.4 Å². The van der Waals surface area contributed by atoms with Gasteiger partial charge in [-0.05, 0) is 37.5 Å². The lowest BCUT2D eigenvalue weighted by Gasteiger charge is -2.35. The van der Waals surface area contributed by atoms with E-state index in [1.165, 1.54) is 5.56 Å². The lowest BCUT2D eigenvalue weighted by molar-refractivity contribution is 0.174. The Hall–Kier alpha value is -2.54. The lowest BCUT2D eigenvalue weighted by atomic mass is 10.1.